The van der Waals surface area contributed by atoms with Crippen molar-refractivity contribution < 1.29 is 8.42 Å². The van der Waals surface area contributed by atoms with Crippen LogP contribution in [-0.4, -0.2) is 21.5 Å². The van der Waals surface area contributed by atoms with Crippen molar-refractivity contribution in [3.63, 3.8) is 0 Å². The van der Waals surface area contributed by atoms with Gasteiger partial charge in [0.15, 0.2) is 0 Å². The molecule has 1 aromatic rings. The summed E-state index contributed by atoms with van der Waals surface area (Å²) in [7, 11) is -3.47. The molecule has 0 unspecified atom stereocenters. The third-order valence-electron chi connectivity index (χ3n) is 2.91. The van der Waals surface area contributed by atoms with Crippen LogP contribution in [0.4, 0.5) is 0 Å². The zero-order chi connectivity index (χ0) is 15.2. The van der Waals surface area contributed by atoms with Crippen LogP contribution in [0.2, 0.25) is 5.02 Å². The highest BCUT2D eigenvalue weighted by atomic mass is 35.5. The number of sulfonamides is 1. The lowest BCUT2D eigenvalue weighted by atomic mass is 10.1. The van der Waals surface area contributed by atoms with Crippen LogP contribution in [0.3, 0.4) is 0 Å². The van der Waals surface area contributed by atoms with Crippen molar-refractivity contribution in [1.29, 1.82) is 0 Å². The average Bonchev–Trinajstić information content (AvgIpc) is 2.36. The van der Waals surface area contributed by atoms with E-state index in [1.807, 2.05) is 6.92 Å². The third-order valence-corrected chi connectivity index (χ3v) is 4.72. The number of hydrogen-bond donors (Lipinski definition) is 2. The van der Waals surface area contributed by atoms with Gasteiger partial charge in [0.05, 0.1) is 4.90 Å². The Bertz CT molecular complexity index is 530. The fraction of sp³-hybridized carbons (Fsp3) is 0.571. The summed E-state index contributed by atoms with van der Waals surface area (Å²) in [6, 6.07) is 4.85. The predicted octanol–water partition coefficient (Wildman–Crippen LogP) is 2.77. The molecule has 0 aliphatic carbocycles. The molecule has 0 aromatic heterocycles. The van der Waals surface area contributed by atoms with Gasteiger partial charge in [0, 0.05) is 18.1 Å². The minimum atomic E-state index is -3.47. The normalized spacial score (nSPS) is 12.1. The molecule has 1 rings (SSSR count). The molecule has 0 atom stereocenters. The molecular weight excluding hydrogens is 296 g/mol. The molecule has 6 heteroatoms. The van der Waals surface area contributed by atoms with E-state index in [0.29, 0.717) is 24.0 Å². The van der Waals surface area contributed by atoms with Crippen molar-refractivity contribution in [2.75, 3.05) is 13.1 Å². The van der Waals surface area contributed by atoms with Crippen molar-refractivity contribution in [3.8, 4) is 0 Å². The second-order valence-corrected chi connectivity index (χ2v) is 7.29. The van der Waals surface area contributed by atoms with Crippen molar-refractivity contribution >= 4 is 21.6 Å². The first kappa shape index (κ1) is 17.4. The van der Waals surface area contributed by atoms with Crippen LogP contribution in [0.5, 0.6) is 0 Å². The van der Waals surface area contributed by atoms with Crippen LogP contribution in [0.1, 0.15) is 32.8 Å². The molecule has 0 spiro atoms. The molecule has 1 aromatic carbocycles. The summed E-state index contributed by atoms with van der Waals surface area (Å²) in [5.74, 6) is 0.462. The summed E-state index contributed by atoms with van der Waals surface area (Å²) in [6.07, 6.45) is 0.811. The molecule has 0 amide bonds. The standard InChI is InChI=1S/C14H23ClN2O2S/c1-4-16-10-12-5-6-13(9-14(12)15)20(18,19)17-8-7-11(2)3/h5-6,9,11,16-17H,4,7-8,10H2,1-3H3. The molecule has 0 saturated heterocycles. The smallest absolute Gasteiger partial charge is 0.240 e. The molecule has 0 saturated carbocycles. The number of rotatable bonds is 8. The van der Waals surface area contributed by atoms with Gasteiger partial charge in [-0.2, -0.15) is 0 Å². The van der Waals surface area contributed by atoms with E-state index in [1.165, 1.54) is 6.07 Å². The Morgan fingerprint density at radius 1 is 1.30 bits per heavy atom. The fourth-order valence-electron chi connectivity index (χ4n) is 1.66. The second kappa shape index (κ2) is 7.98. The van der Waals surface area contributed by atoms with Gasteiger partial charge in [0.2, 0.25) is 10.0 Å². The van der Waals surface area contributed by atoms with Gasteiger partial charge in [-0.25, -0.2) is 13.1 Å². The first-order valence-electron chi connectivity index (χ1n) is 6.85. The van der Waals surface area contributed by atoms with E-state index in [0.717, 1.165) is 18.5 Å². The highest BCUT2D eigenvalue weighted by molar-refractivity contribution is 7.89. The zero-order valence-electron chi connectivity index (χ0n) is 12.2. The van der Waals surface area contributed by atoms with E-state index >= 15 is 0 Å². The Hall–Kier alpha value is -0.620. The van der Waals surface area contributed by atoms with Gasteiger partial charge in [-0.15, -0.1) is 0 Å². The lowest BCUT2D eigenvalue weighted by Crippen LogP contribution is -2.25. The maximum Gasteiger partial charge on any atom is 0.240 e. The Balaban J connectivity index is 2.78. The summed E-state index contributed by atoms with van der Waals surface area (Å²) in [6.45, 7) is 8.03. The van der Waals surface area contributed by atoms with Crippen LogP contribution in [-0.2, 0) is 16.6 Å². The Morgan fingerprint density at radius 2 is 2.00 bits per heavy atom. The molecule has 2 N–H and O–H groups in total. The van der Waals surface area contributed by atoms with Crippen molar-refractivity contribution in [1.82, 2.24) is 10.0 Å². The molecule has 0 aliphatic heterocycles. The van der Waals surface area contributed by atoms with Gasteiger partial charge in [0.25, 0.3) is 0 Å². The number of nitrogens with one attached hydrogen (secondary N) is 2. The summed E-state index contributed by atoms with van der Waals surface area (Å²) < 4.78 is 26.8. The van der Waals surface area contributed by atoms with E-state index in [9.17, 15) is 8.42 Å². The van der Waals surface area contributed by atoms with E-state index in [4.69, 9.17) is 11.6 Å². The highest BCUT2D eigenvalue weighted by Crippen LogP contribution is 2.20. The van der Waals surface area contributed by atoms with Gasteiger partial charge >= 0.3 is 0 Å². The average molecular weight is 319 g/mol. The molecule has 114 valence electrons. The number of benzene rings is 1. The van der Waals surface area contributed by atoms with Crippen LogP contribution in [0.15, 0.2) is 23.1 Å². The highest BCUT2D eigenvalue weighted by Gasteiger charge is 2.15. The number of halogens is 1. The Morgan fingerprint density at radius 3 is 2.55 bits per heavy atom. The molecule has 0 bridgehead atoms. The Labute approximate surface area is 127 Å². The molecule has 0 aliphatic rings. The SMILES string of the molecule is CCNCc1ccc(S(=O)(=O)NCCC(C)C)cc1Cl. The van der Waals surface area contributed by atoms with Gasteiger partial charge in [0.1, 0.15) is 0 Å². The number of hydrogen-bond acceptors (Lipinski definition) is 3. The van der Waals surface area contributed by atoms with Crippen LogP contribution >= 0.6 is 11.6 Å². The van der Waals surface area contributed by atoms with Gasteiger partial charge < -0.3 is 5.32 Å². The molecule has 20 heavy (non-hydrogen) atoms. The maximum atomic E-state index is 12.1. The lowest BCUT2D eigenvalue weighted by Gasteiger charge is -2.10. The van der Waals surface area contributed by atoms with E-state index in [-0.39, 0.29) is 4.90 Å². The van der Waals surface area contributed by atoms with E-state index < -0.39 is 10.0 Å². The molecule has 0 fully saturated rings. The molecule has 0 radical (unpaired) electrons. The predicted molar refractivity (Wildman–Crippen MR) is 83.5 cm³/mol. The minimum Gasteiger partial charge on any atom is -0.313 e. The molecule has 0 heterocycles. The van der Waals surface area contributed by atoms with Gasteiger partial charge in [-0.1, -0.05) is 38.4 Å². The summed E-state index contributed by atoms with van der Waals surface area (Å²) in [5.41, 5.74) is 0.898. The van der Waals surface area contributed by atoms with Gasteiger partial charge in [-0.05, 0) is 36.6 Å². The third kappa shape index (κ3) is 5.40. The Kier molecular flexibility index (Phi) is 6.95. The second-order valence-electron chi connectivity index (χ2n) is 5.11. The quantitative estimate of drug-likeness (QED) is 0.775. The topological polar surface area (TPSA) is 58.2 Å². The molecule has 4 nitrogen and oxygen atoms in total. The van der Waals surface area contributed by atoms with Crippen LogP contribution in [0, 0.1) is 5.92 Å². The maximum absolute atomic E-state index is 12.1. The van der Waals surface area contributed by atoms with Crippen molar-refractivity contribution in [2.24, 2.45) is 5.92 Å². The lowest BCUT2D eigenvalue weighted by molar-refractivity contribution is 0.551. The van der Waals surface area contributed by atoms with Gasteiger partial charge in [-0.3, -0.25) is 0 Å². The van der Waals surface area contributed by atoms with Crippen molar-refractivity contribution in [2.45, 2.75) is 38.6 Å². The fourth-order valence-corrected chi connectivity index (χ4v) is 3.05. The van der Waals surface area contributed by atoms with Crippen molar-refractivity contribution in [3.05, 3.63) is 28.8 Å². The summed E-state index contributed by atoms with van der Waals surface area (Å²) >= 11 is 6.12. The van der Waals surface area contributed by atoms with Crippen LogP contribution in [0.25, 0.3) is 0 Å². The largest absolute Gasteiger partial charge is 0.313 e. The van der Waals surface area contributed by atoms with Crippen LogP contribution < -0.4 is 10.0 Å². The first-order chi connectivity index (χ1) is 9.36. The minimum absolute atomic E-state index is 0.214. The molecular formula is C14H23ClN2O2S. The zero-order valence-corrected chi connectivity index (χ0v) is 13.8. The summed E-state index contributed by atoms with van der Waals surface area (Å²) in [4.78, 5) is 0.214. The van der Waals surface area contributed by atoms with E-state index in [1.54, 1.807) is 12.1 Å². The monoisotopic (exact) mass is 318 g/mol. The van der Waals surface area contributed by atoms with E-state index in [2.05, 4.69) is 23.9 Å². The summed E-state index contributed by atoms with van der Waals surface area (Å²) in [5, 5.41) is 3.63. The first-order valence-corrected chi connectivity index (χ1v) is 8.71.